The number of hydrogen-bond acceptors (Lipinski definition) is 3. The highest BCUT2D eigenvalue weighted by molar-refractivity contribution is 5.35. The molecule has 1 N–H and O–H groups in total. The zero-order valence-corrected chi connectivity index (χ0v) is 9.24. The quantitative estimate of drug-likeness (QED) is 0.763. The van der Waals surface area contributed by atoms with Crippen LogP contribution in [0.1, 0.15) is 25.5 Å². The van der Waals surface area contributed by atoms with Crippen molar-refractivity contribution in [1.29, 1.82) is 0 Å². The largest absolute Gasteiger partial charge is 0.434 e. The molecule has 0 heterocycles. The summed E-state index contributed by atoms with van der Waals surface area (Å²) in [5, 5.41) is 0. The van der Waals surface area contributed by atoms with Gasteiger partial charge in [0, 0.05) is 5.56 Å². The molecule has 1 atom stereocenters. The molecular weight excluding hydrogens is 216 g/mol. The molecule has 1 aromatic carbocycles. The molecule has 0 aromatic heterocycles. The second-order valence-corrected chi connectivity index (χ2v) is 3.19. The Kier molecular flexibility index (Phi) is 5.14. The molecule has 0 saturated carbocycles. The lowest BCUT2D eigenvalue weighted by atomic mass is 10.1. The fraction of sp³-hybridized carbons (Fsp3) is 0.455. The first-order chi connectivity index (χ1) is 7.65. The molecule has 90 valence electrons. The highest BCUT2D eigenvalue weighted by Crippen LogP contribution is 2.26. The summed E-state index contributed by atoms with van der Waals surface area (Å²) >= 11 is 0. The van der Waals surface area contributed by atoms with Gasteiger partial charge in [-0.15, -0.1) is 0 Å². The summed E-state index contributed by atoms with van der Waals surface area (Å²) in [5.74, 6) is 0.164. The van der Waals surface area contributed by atoms with Gasteiger partial charge in [-0.25, -0.2) is 0 Å². The van der Waals surface area contributed by atoms with Gasteiger partial charge >= 0.3 is 6.61 Å². The van der Waals surface area contributed by atoms with Crippen molar-refractivity contribution in [2.24, 2.45) is 0 Å². The topological polar surface area (TPSA) is 30.5 Å². The predicted octanol–water partition coefficient (Wildman–Crippen LogP) is 2.89. The van der Waals surface area contributed by atoms with Gasteiger partial charge < -0.3 is 9.57 Å². The third-order valence-electron chi connectivity index (χ3n) is 2.01. The summed E-state index contributed by atoms with van der Waals surface area (Å²) in [6.45, 7) is 1.33. The number of nitrogens with one attached hydrogen (secondary N) is 1. The van der Waals surface area contributed by atoms with E-state index in [1.807, 2.05) is 13.8 Å². The lowest BCUT2D eigenvalue weighted by molar-refractivity contribution is -0.0516. The minimum atomic E-state index is -2.82. The maximum absolute atomic E-state index is 12.1. The fourth-order valence-electron chi connectivity index (χ4n) is 1.31. The zero-order valence-electron chi connectivity index (χ0n) is 9.24. The summed E-state index contributed by atoms with van der Waals surface area (Å²) in [7, 11) is 0. The van der Waals surface area contributed by atoms with E-state index in [-0.39, 0.29) is 11.8 Å². The van der Waals surface area contributed by atoms with Crippen molar-refractivity contribution >= 4 is 0 Å². The van der Waals surface area contributed by atoms with Crippen LogP contribution < -0.4 is 10.2 Å². The van der Waals surface area contributed by atoms with Gasteiger partial charge in [-0.1, -0.05) is 18.2 Å². The molecule has 0 aliphatic heterocycles. The highest BCUT2D eigenvalue weighted by Gasteiger charge is 2.13. The molecule has 16 heavy (non-hydrogen) atoms. The lowest BCUT2D eigenvalue weighted by Crippen LogP contribution is -2.20. The van der Waals surface area contributed by atoms with Crippen molar-refractivity contribution in [2.75, 3.05) is 6.61 Å². The number of hydroxylamine groups is 1. The van der Waals surface area contributed by atoms with Crippen LogP contribution in [0.4, 0.5) is 8.78 Å². The Balaban J connectivity index is 2.76. The molecule has 0 saturated heterocycles. The summed E-state index contributed by atoms with van der Waals surface area (Å²) in [6, 6.07) is 6.42. The summed E-state index contributed by atoms with van der Waals surface area (Å²) in [6.07, 6.45) is 0. The highest BCUT2D eigenvalue weighted by atomic mass is 19.3. The van der Waals surface area contributed by atoms with Crippen LogP contribution in [0.2, 0.25) is 0 Å². The van der Waals surface area contributed by atoms with Crippen molar-refractivity contribution in [3.05, 3.63) is 29.8 Å². The van der Waals surface area contributed by atoms with Gasteiger partial charge in [0.1, 0.15) is 5.75 Å². The number of alkyl halides is 2. The fourth-order valence-corrected chi connectivity index (χ4v) is 1.31. The summed E-state index contributed by atoms with van der Waals surface area (Å²) < 4.78 is 28.7. The number of para-hydroxylation sites is 1. The Hall–Kier alpha value is -1.20. The lowest BCUT2D eigenvalue weighted by Gasteiger charge is -2.17. The maximum atomic E-state index is 12.1. The van der Waals surface area contributed by atoms with E-state index in [9.17, 15) is 8.78 Å². The Morgan fingerprint density at radius 1 is 1.31 bits per heavy atom. The number of ether oxygens (including phenoxy) is 1. The molecular formula is C11H15F2NO2. The second-order valence-electron chi connectivity index (χ2n) is 3.19. The van der Waals surface area contributed by atoms with E-state index < -0.39 is 6.61 Å². The van der Waals surface area contributed by atoms with Gasteiger partial charge in [-0.05, 0) is 19.9 Å². The molecule has 1 rings (SSSR count). The number of hydrogen-bond donors (Lipinski definition) is 1. The minimum Gasteiger partial charge on any atom is -0.434 e. The Morgan fingerprint density at radius 3 is 2.62 bits per heavy atom. The predicted molar refractivity (Wildman–Crippen MR) is 56.3 cm³/mol. The number of benzene rings is 1. The second kappa shape index (κ2) is 6.40. The van der Waals surface area contributed by atoms with E-state index in [0.717, 1.165) is 0 Å². The van der Waals surface area contributed by atoms with Crippen LogP contribution in [0, 0.1) is 0 Å². The molecule has 0 radical (unpaired) electrons. The molecule has 3 nitrogen and oxygen atoms in total. The van der Waals surface area contributed by atoms with Crippen LogP contribution >= 0.6 is 0 Å². The molecule has 5 heteroatoms. The SMILES string of the molecule is CCONC(C)c1ccccc1OC(F)F. The average molecular weight is 231 g/mol. The van der Waals surface area contributed by atoms with Crippen molar-refractivity contribution in [2.45, 2.75) is 26.5 Å². The van der Waals surface area contributed by atoms with E-state index in [1.54, 1.807) is 18.2 Å². The van der Waals surface area contributed by atoms with Gasteiger partial charge in [0.2, 0.25) is 0 Å². The Bertz CT molecular complexity index is 321. The molecule has 1 unspecified atom stereocenters. The van der Waals surface area contributed by atoms with Crippen LogP contribution in [0.3, 0.4) is 0 Å². The normalized spacial score (nSPS) is 12.8. The average Bonchev–Trinajstić information content (AvgIpc) is 2.26. The first-order valence-electron chi connectivity index (χ1n) is 5.06. The standard InChI is InChI=1S/C11H15F2NO2/c1-3-15-14-8(2)9-6-4-5-7-10(9)16-11(12)13/h4-8,11,14H,3H2,1-2H3. The van der Waals surface area contributed by atoms with Crippen LogP contribution in [0.5, 0.6) is 5.75 Å². The number of halogens is 2. The van der Waals surface area contributed by atoms with E-state index in [4.69, 9.17) is 4.84 Å². The molecule has 0 spiro atoms. The molecule has 0 amide bonds. The van der Waals surface area contributed by atoms with Crippen LogP contribution in [-0.4, -0.2) is 13.2 Å². The Morgan fingerprint density at radius 2 is 2.00 bits per heavy atom. The van der Waals surface area contributed by atoms with Gasteiger partial charge in [-0.3, -0.25) is 0 Å². The zero-order chi connectivity index (χ0) is 12.0. The van der Waals surface area contributed by atoms with Crippen molar-refractivity contribution in [1.82, 2.24) is 5.48 Å². The first-order valence-corrected chi connectivity index (χ1v) is 5.06. The van der Waals surface area contributed by atoms with E-state index in [1.165, 1.54) is 6.07 Å². The molecule has 1 aromatic rings. The monoisotopic (exact) mass is 231 g/mol. The van der Waals surface area contributed by atoms with Crippen molar-refractivity contribution in [3.8, 4) is 5.75 Å². The van der Waals surface area contributed by atoms with Crippen LogP contribution in [0.15, 0.2) is 24.3 Å². The third-order valence-corrected chi connectivity index (χ3v) is 2.01. The van der Waals surface area contributed by atoms with Gasteiger partial charge in [-0.2, -0.15) is 14.3 Å². The minimum absolute atomic E-state index is 0.164. The van der Waals surface area contributed by atoms with E-state index in [0.29, 0.717) is 12.2 Å². The smallest absolute Gasteiger partial charge is 0.387 e. The summed E-state index contributed by atoms with van der Waals surface area (Å²) in [4.78, 5) is 5.02. The Labute approximate surface area is 93.3 Å². The maximum Gasteiger partial charge on any atom is 0.387 e. The molecule has 0 fully saturated rings. The third kappa shape index (κ3) is 3.75. The van der Waals surface area contributed by atoms with Gasteiger partial charge in [0.05, 0.1) is 12.6 Å². The molecule has 0 bridgehead atoms. The van der Waals surface area contributed by atoms with Crippen LogP contribution in [0.25, 0.3) is 0 Å². The van der Waals surface area contributed by atoms with Crippen molar-refractivity contribution in [3.63, 3.8) is 0 Å². The van der Waals surface area contributed by atoms with Gasteiger partial charge in [0.25, 0.3) is 0 Å². The van der Waals surface area contributed by atoms with Crippen LogP contribution in [-0.2, 0) is 4.84 Å². The molecule has 0 aliphatic carbocycles. The first kappa shape index (κ1) is 12.9. The molecule has 0 aliphatic rings. The van der Waals surface area contributed by atoms with Gasteiger partial charge in [0.15, 0.2) is 0 Å². The van der Waals surface area contributed by atoms with E-state index in [2.05, 4.69) is 10.2 Å². The van der Waals surface area contributed by atoms with E-state index >= 15 is 0 Å². The summed E-state index contributed by atoms with van der Waals surface area (Å²) in [5.41, 5.74) is 3.37. The van der Waals surface area contributed by atoms with Crippen molar-refractivity contribution < 1.29 is 18.4 Å². The number of rotatable bonds is 6.